The molecule has 0 fully saturated rings. The Labute approximate surface area is 156 Å². The van der Waals surface area contributed by atoms with Gasteiger partial charge < -0.3 is 6.92 Å². The van der Waals surface area contributed by atoms with Crippen molar-refractivity contribution in [3.05, 3.63) is 66.6 Å². The largest absolute Gasteiger partial charge is 1.00 e. The molecule has 3 unspecified atom stereocenters. The average Bonchev–Trinajstić information content (AvgIpc) is 2.51. The summed E-state index contributed by atoms with van der Waals surface area (Å²) in [6.45, 7) is 17.1. The van der Waals surface area contributed by atoms with Crippen LogP contribution in [0.15, 0.2) is 54.1 Å². The number of hydrogen-bond donors (Lipinski definition) is 0. The van der Waals surface area contributed by atoms with Gasteiger partial charge in [-0.1, -0.05) is 68.7 Å². The molecule has 1 aromatic rings. The second-order valence-electron chi connectivity index (χ2n) is 6.89. The first-order valence-corrected chi connectivity index (χ1v) is 8.63. The third-order valence-electron chi connectivity index (χ3n) is 4.67. The maximum atomic E-state index is 4.18. The molecule has 0 radical (unpaired) electrons. The van der Waals surface area contributed by atoms with Crippen molar-refractivity contribution >= 4 is 0 Å². The predicted molar refractivity (Wildman–Crippen MR) is 99.9 cm³/mol. The van der Waals surface area contributed by atoms with Crippen molar-refractivity contribution in [3.63, 3.8) is 0 Å². The van der Waals surface area contributed by atoms with Gasteiger partial charge in [0.1, 0.15) is 0 Å². The molecule has 0 N–H and O–H groups in total. The van der Waals surface area contributed by atoms with Gasteiger partial charge in [-0.15, -0.1) is 18.1 Å². The molecule has 0 aliphatic rings. The van der Waals surface area contributed by atoms with Crippen LogP contribution >= 0.6 is 0 Å². The Morgan fingerprint density at radius 3 is 2.35 bits per heavy atom. The molecular formula is C22H33Li. The predicted octanol–water partition coefficient (Wildman–Crippen LogP) is 3.96. The first kappa shape index (κ1) is 22.3. The Kier molecular flexibility index (Phi) is 11.4. The van der Waals surface area contributed by atoms with Crippen molar-refractivity contribution in [1.29, 1.82) is 0 Å². The van der Waals surface area contributed by atoms with E-state index in [1.54, 1.807) is 0 Å². The molecule has 1 heteroatoms. The average molecular weight is 304 g/mol. The molecule has 3 atom stereocenters. The van der Waals surface area contributed by atoms with Crippen LogP contribution in [0, 0.1) is 18.8 Å². The van der Waals surface area contributed by atoms with Gasteiger partial charge in [0, 0.05) is 0 Å². The van der Waals surface area contributed by atoms with Gasteiger partial charge in [0.25, 0.3) is 0 Å². The van der Waals surface area contributed by atoms with Crippen molar-refractivity contribution in [1.82, 2.24) is 0 Å². The van der Waals surface area contributed by atoms with Crippen LogP contribution in [-0.2, 0) is 0 Å². The molecule has 122 valence electrons. The van der Waals surface area contributed by atoms with Crippen LogP contribution < -0.4 is 18.9 Å². The number of allylic oxidation sites excluding steroid dienone is 3. The summed E-state index contributed by atoms with van der Waals surface area (Å²) in [4.78, 5) is 0. The zero-order chi connectivity index (χ0) is 16.5. The van der Waals surface area contributed by atoms with E-state index in [1.807, 2.05) is 0 Å². The summed E-state index contributed by atoms with van der Waals surface area (Å²) < 4.78 is 0. The van der Waals surface area contributed by atoms with Crippen LogP contribution in [0.2, 0.25) is 0 Å². The third kappa shape index (κ3) is 8.64. The molecule has 0 saturated carbocycles. The molecule has 0 aromatic heterocycles. The molecule has 0 aliphatic heterocycles. The van der Waals surface area contributed by atoms with Gasteiger partial charge in [0.05, 0.1) is 0 Å². The molecule has 23 heavy (non-hydrogen) atoms. The van der Waals surface area contributed by atoms with Crippen LogP contribution in [0.4, 0.5) is 0 Å². The summed E-state index contributed by atoms with van der Waals surface area (Å²) in [7, 11) is 0. The number of rotatable bonds is 9. The Morgan fingerprint density at radius 2 is 1.83 bits per heavy atom. The smallest absolute Gasteiger partial charge is 0.336 e. The minimum absolute atomic E-state index is 0. The van der Waals surface area contributed by atoms with E-state index in [4.69, 9.17) is 0 Å². The SMILES string of the molecule is C=C(C)C([CH2-])C/C(C)=C\CC(CC(C)CC)c1ccccc1.[Li+]. The number of benzene rings is 1. The van der Waals surface area contributed by atoms with Crippen LogP contribution in [0.3, 0.4) is 0 Å². The van der Waals surface area contributed by atoms with E-state index >= 15 is 0 Å². The minimum atomic E-state index is 0. The molecule has 0 amide bonds. The van der Waals surface area contributed by atoms with E-state index in [1.165, 1.54) is 29.6 Å². The van der Waals surface area contributed by atoms with Gasteiger partial charge >= 0.3 is 18.9 Å². The third-order valence-corrected chi connectivity index (χ3v) is 4.67. The molecule has 0 spiro atoms. The Bertz CT molecular complexity index is 472. The molecule has 0 aliphatic carbocycles. The molecule has 1 aromatic carbocycles. The van der Waals surface area contributed by atoms with Crippen molar-refractivity contribution < 1.29 is 18.9 Å². The fraction of sp³-hybridized carbons (Fsp3) is 0.500. The molecule has 1 rings (SSSR count). The summed E-state index contributed by atoms with van der Waals surface area (Å²) in [5, 5.41) is 0. The standard InChI is InChI=1S/C22H33.Li/c1-7-18(4)16-22(21-11-9-8-10-12-21)14-13-19(5)15-20(6)17(2)3;/h8-13,18,20,22H,2,6-7,14-16H2,1,3-5H3;/q-1;+1/b19-13-;. The van der Waals surface area contributed by atoms with Gasteiger partial charge in [0.15, 0.2) is 0 Å². The zero-order valence-electron chi connectivity index (χ0n) is 15.9. The zero-order valence-corrected chi connectivity index (χ0v) is 15.9. The molecule has 0 heterocycles. The second-order valence-corrected chi connectivity index (χ2v) is 6.89. The van der Waals surface area contributed by atoms with E-state index in [9.17, 15) is 0 Å². The monoisotopic (exact) mass is 304 g/mol. The van der Waals surface area contributed by atoms with Crippen LogP contribution in [0.1, 0.15) is 64.9 Å². The molecule has 0 saturated heterocycles. The van der Waals surface area contributed by atoms with Gasteiger partial charge in [-0.25, -0.2) is 0 Å². The molecule has 0 nitrogen and oxygen atoms in total. The van der Waals surface area contributed by atoms with Crippen molar-refractivity contribution in [2.24, 2.45) is 11.8 Å². The summed E-state index contributed by atoms with van der Waals surface area (Å²) in [5.74, 6) is 1.73. The van der Waals surface area contributed by atoms with E-state index in [-0.39, 0.29) is 18.9 Å². The van der Waals surface area contributed by atoms with Crippen molar-refractivity contribution in [3.8, 4) is 0 Å². The summed E-state index contributed by atoms with van der Waals surface area (Å²) >= 11 is 0. The van der Waals surface area contributed by atoms with E-state index in [0.29, 0.717) is 11.8 Å². The summed E-state index contributed by atoms with van der Waals surface area (Å²) in [6.07, 6.45) is 7.09. The maximum Gasteiger partial charge on any atom is 1.00 e. The first-order valence-electron chi connectivity index (χ1n) is 8.63. The van der Waals surface area contributed by atoms with Crippen LogP contribution in [-0.4, -0.2) is 0 Å². The number of hydrogen-bond acceptors (Lipinski definition) is 0. The fourth-order valence-corrected chi connectivity index (χ4v) is 2.74. The van der Waals surface area contributed by atoms with Gasteiger partial charge in [-0.3, -0.25) is 0 Å². The summed E-state index contributed by atoms with van der Waals surface area (Å²) in [6, 6.07) is 11.0. The van der Waals surface area contributed by atoms with Crippen LogP contribution in [0.25, 0.3) is 0 Å². The Balaban J connectivity index is 0.00000484. The quantitative estimate of drug-likeness (QED) is 0.368. The van der Waals surface area contributed by atoms with Gasteiger partial charge in [-0.05, 0) is 44.1 Å². The topological polar surface area (TPSA) is 0 Å². The van der Waals surface area contributed by atoms with Crippen molar-refractivity contribution in [2.45, 2.75) is 59.3 Å². The van der Waals surface area contributed by atoms with E-state index in [2.05, 4.69) is 77.6 Å². The minimum Gasteiger partial charge on any atom is -0.336 e. The van der Waals surface area contributed by atoms with Crippen molar-refractivity contribution in [2.75, 3.05) is 0 Å². The Hall–Kier alpha value is -0.703. The fourth-order valence-electron chi connectivity index (χ4n) is 2.74. The summed E-state index contributed by atoms with van der Waals surface area (Å²) in [5.41, 5.74) is 4.08. The van der Waals surface area contributed by atoms with Crippen LogP contribution in [0.5, 0.6) is 0 Å². The van der Waals surface area contributed by atoms with E-state index < -0.39 is 0 Å². The molecule has 0 bridgehead atoms. The van der Waals surface area contributed by atoms with E-state index in [0.717, 1.165) is 18.8 Å². The first-order chi connectivity index (χ1) is 10.4. The molecular weight excluding hydrogens is 271 g/mol. The Morgan fingerprint density at radius 1 is 1.22 bits per heavy atom. The second kappa shape index (κ2) is 11.8. The van der Waals surface area contributed by atoms with Gasteiger partial charge in [0.2, 0.25) is 0 Å². The normalized spacial score (nSPS) is 15.4. The van der Waals surface area contributed by atoms with Gasteiger partial charge in [-0.2, -0.15) is 0 Å². The maximum absolute atomic E-state index is 4.18.